The van der Waals surface area contributed by atoms with Crippen LogP contribution < -0.4 is 4.74 Å². The van der Waals surface area contributed by atoms with Crippen molar-refractivity contribution in [3.63, 3.8) is 0 Å². The lowest BCUT2D eigenvalue weighted by atomic mass is 10.1. The Balaban J connectivity index is 1.45. The molecule has 3 heterocycles. The molecule has 2 aromatic heterocycles. The van der Waals surface area contributed by atoms with E-state index in [1.165, 1.54) is 0 Å². The van der Waals surface area contributed by atoms with E-state index in [0.29, 0.717) is 36.7 Å². The van der Waals surface area contributed by atoms with E-state index in [0.717, 1.165) is 19.5 Å². The molecule has 1 atom stereocenters. The van der Waals surface area contributed by atoms with Crippen LogP contribution in [0.25, 0.3) is 0 Å². The number of likely N-dealkylation sites (tertiary alicyclic amines) is 1. The van der Waals surface area contributed by atoms with Crippen LogP contribution in [0.15, 0.2) is 23.0 Å². The predicted octanol–water partition coefficient (Wildman–Crippen LogP) is 1.07. The van der Waals surface area contributed by atoms with Crippen molar-refractivity contribution >= 4 is 0 Å². The first-order chi connectivity index (χ1) is 9.79. The van der Waals surface area contributed by atoms with E-state index in [2.05, 4.69) is 25.1 Å². The van der Waals surface area contributed by atoms with Crippen molar-refractivity contribution in [3.8, 4) is 5.88 Å². The third kappa shape index (κ3) is 3.30. The van der Waals surface area contributed by atoms with Gasteiger partial charge < -0.3 is 9.15 Å². The second-order valence-electron chi connectivity index (χ2n) is 4.96. The highest BCUT2D eigenvalue weighted by Crippen LogP contribution is 2.19. The molecule has 3 rings (SSSR count). The SMILES string of the molecule is Cc1nnc(CN2CCC(COc3cnccn3)C2)o1. The minimum absolute atomic E-state index is 0.501. The summed E-state index contributed by atoms with van der Waals surface area (Å²) in [4.78, 5) is 10.4. The van der Waals surface area contributed by atoms with Gasteiger partial charge in [0.15, 0.2) is 0 Å². The van der Waals surface area contributed by atoms with E-state index < -0.39 is 0 Å². The molecule has 7 heteroatoms. The topological polar surface area (TPSA) is 77.2 Å². The van der Waals surface area contributed by atoms with E-state index in [1.54, 1.807) is 25.5 Å². The standard InChI is InChI=1S/C13H17N5O2/c1-10-16-17-13(20-10)8-18-5-2-11(7-18)9-19-12-6-14-3-4-15-12/h3-4,6,11H,2,5,7-9H2,1H3. The fourth-order valence-electron chi connectivity index (χ4n) is 2.35. The quantitative estimate of drug-likeness (QED) is 0.807. The molecular weight excluding hydrogens is 258 g/mol. The highest BCUT2D eigenvalue weighted by Gasteiger charge is 2.24. The highest BCUT2D eigenvalue weighted by atomic mass is 16.5. The van der Waals surface area contributed by atoms with Gasteiger partial charge in [-0.25, -0.2) is 4.98 Å². The molecule has 7 nitrogen and oxygen atoms in total. The maximum Gasteiger partial charge on any atom is 0.232 e. The van der Waals surface area contributed by atoms with Crippen molar-refractivity contribution in [1.29, 1.82) is 0 Å². The van der Waals surface area contributed by atoms with Gasteiger partial charge in [0.25, 0.3) is 0 Å². The number of ether oxygens (including phenoxy) is 1. The fourth-order valence-corrected chi connectivity index (χ4v) is 2.35. The van der Waals surface area contributed by atoms with Crippen molar-refractivity contribution in [2.45, 2.75) is 19.9 Å². The largest absolute Gasteiger partial charge is 0.476 e. The molecule has 0 saturated carbocycles. The lowest BCUT2D eigenvalue weighted by molar-refractivity contribution is 0.224. The van der Waals surface area contributed by atoms with E-state index >= 15 is 0 Å². The van der Waals surface area contributed by atoms with E-state index in [9.17, 15) is 0 Å². The van der Waals surface area contributed by atoms with Gasteiger partial charge >= 0.3 is 0 Å². The van der Waals surface area contributed by atoms with Gasteiger partial charge in [0.1, 0.15) is 0 Å². The first-order valence-corrected chi connectivity index (χ1v) is 6.70. The summed E-state index contributed by atoms with van der Waals surface area (Å²) >= 11 is 0. The molecular formula is C13H17N5O2. The number of aryl methyl sites for hydroxylation is 1. The molecule has 20 heavy (non-hydrogen) atoms. The second-order valence-corrected chi connectivity index (χ2v) is 4.96. The van der Waals surface area contributed by atoms with E-state index in [-0.39, 0.29) is 0 Å². The Bertz CT molecular complexity index is 545. The van der Waals surface area contributed by atoms with Crippen LogP contribution in [0.5, 0.6) is 5.88 Å². The average molecular weight is 275 g/mol. The number of hydrogen-bond acceptors (Lipinski definition) is 7. The van der Waals surface area contributed by atoms with Crippen LogP contribution in [-0.4, -0.2) is 44.8 Å². The van der Waals surface area contributed by atoms with Crippen molar-refractivity contribution in [3.05, 3.63) is 30.4 Å². The zero-order valence-electron chi connectivity index (χ0n) is 11.4. The normalized spacial score (nSPS) is 19.4. The molecule has 0 bridgehead atoms. The van der Waals surface area contributed by atoms with Gasteiger partial charge in [0.2, 0.25) is 17.7 Å². The fraction of sp³-hybridized carbons (Fsp3) is 0.538. The Morgan fingerprint density at radius 1 is 1.40 bits per heavy atom. The summed E-state index contributed by atoms with van der Waals surface area (Å²) in [7, 11) is 0. The Morgan fingerprint density at radius 2 is 2.35 bits per heavy atom. The van der Waals surface area contributed by atoms with Crippen molar-refractivity contribution in [2.75, 3.05) is 19.7 Å². The molecule has 106 valence electrons. The maximum atomic E-state index is 5.64. The summed E-state index contributed by atoms with van der Waals surface area (Å²) in [5.41, 5.74) is 0. The molecule has 1 saturated heterocycles. The van der Waals surface area contributed by atoms with Gasteiger partial charge in [-0.05, 0) is 13.0 Å². The molecule has 1 aliphatic heterocycles. The van der Waals surface area contributed by atoms with Crippen molar-refractivity contribution < 1.29 is 9.15 Å². The lowest BCUT2D eigenvalue weighted by Gasteiger charge is -2.13. The van der Waals surface area contributed by atoms with Crippen LogP contribution in [0, 0.1) is 12.8 Å². The summed E-state index contributed by atoms with van der Waals surface area (Å²) in [6.07, 6.45) is 6.01. The molecule has 0 radical (unpaired) electrons. The molecule has 0 aromatic carbocycles. The molecule has 0 N–H and O–H groups in total. The van der Waals surface area contributed by atoms with Crippen molar-refractivity contribution in [2.24, 2.45) is 5.92 Å². The molecule has 2 aromatic rings. The van der Waals surface area contributed by atoms with Crippen LogP contribution in [0.4, 0.5) is 0 Å². The minimum atomic E-state index is 0.501. The summed E-state index contributed by atoms with van der Waals surface area (Å²) in [6.45, 7) is 5.18. The van der Waals surface area contributed by atoms with Crippen LogP contribution in [-0.2, 0) is 6.54 Å². The summed E-state index contributed by atoms with van der Waals surface area (Å²) in [5, 5.41) is 7.86. The van der Waals surface area contributed by atoms with Gasteiger partial charge in [-0.15, -0.1) is 10.2 Å². The van der Waals surface area contributed by atoms with Crippen LogP contribution in [0.1, 0.15) is 18.2 Å². The molecule has 1 unspecified atom stereocenters. The number of rotatable bonds is 5. The summed E-state index contributed by atoms with van der Waals surface area (Å²) in [6, 6.07) is 0. The third-order valence-electron chi connectivity index (χ3n) is 3.30. The van der Waals surface area contributed by atoms with E-state index in [4.69, 9.17) is 9.15 Å². The molecule has 0 aliphatic carbocycles. The number of hydrogen-bond donors (Lipinski definition) is 0. The average Bonchev–Trinajstić information content (AvgIpc) is 3.08. The Kier molecular flexibility index (Phi) is 3.87. The molecule has 1 fully saturated rings. The van der Waals surface area contributed by atoms with Gasteiger partial charge in [0, 0.05) is 31.8 Å². The monoisotopic (exact) mass is 275 g/mol. The Labute approximate surface area is 117 Å². The zero-order valence-corrected chi connectivity index (χ0v) is 11.4. The number of nitrogens with zero attached hydrogens (tertiary/aromatic N) is 5. The van der Waals surface area contributed by atoms with Gasteiger partial charge in [-0.3, -0.25) is 9.88 Å². The minimum Gasteiger partial charge on any atom is -0.476 e. The van der Waals surface area contributed by atoms with Crippen molar-refractivity contribution in [1.82, 2.24) is 25.1 Å². The van der Waals surface area contributed by atoms with Gasteiger partial charge in [-0.1, -0.05) is 0 Å². The summed E-state index contributed by atoms with van der Waals surface area (Å²) < 4.78 is 11.0. The maximum absolute atomic E-state index is 5.64. The van der Waals surface area contributed by atoms with Crippen LogP contribution in [0.3, 0.4) is 0 Å². The van der Waals surface area contributed by atoms with Gasteiger partial charge in [-0.2, -0.15) is 0 Å². The van der Waals surface area contributed by atoms with E-state index in [1.807, 2.05) is 0 Å². The first kappa shape index (κ1) is 13.0. The Hall–Kier alpha value is -2.02. The second kappa shape index (κ2) is 5.96. The van der Waals surface area contributed by atoms with Crippen LogP contribution in [0.2, 0.25) is 0 Å². The summed E-state index contributed by atoms with van der Waals surface area (Å²) in [5.74, 6) is 2.37. The Morgan fingerprint density at radius 3 is 3.10 bits per heavy atom. The lowest BCUT2D eigenvalue weighted by Crippen LogP contribution is -2.22. The van der Waals surface area contributed by atoms with Gasteiger partial charge in [0.05, 0.1) is 19.3 Å². The number of aromatic nitrogens is 4. The predicted molar refractivity (Wildman–Crippen MR) is 69.9 cm³/mol. The zero-order chi connectivity index (χ0) is 13.8. The smallest absolute Gasteiger partial charge is 0.232 e. The third-order valence-corrected chi connectivity index (χ3v) is 3.30. The molecule has 0 amide bonds. The first-order valence-electron chi connectivity index (χ1n) is 6.70. The molecule has 1 aliphatic rings. The molecule has 0 spiro atoms. The highest BCUT2D eigenvalue weighted by molar-refractivity contribution is 5.01. The van der Waals surface area contributed by atoms with Crippen LogP contribution >= 0.6 is 0 Å².